The number of hydrogen-bond donors (Lipinski definition) is 3. The van der Waals surface area contributed by atoms with Crippen molar-refractivity contribution in [3.8, 4) is 5.75 Å². The van der Waals surface area contributed by atoms with E-state index in [-0.39, 0.29) is 40.8 Å². The highest BCUT2D eigenvalue weighted by Gasteiger charge is 2.33. The maximum absolute atomic E-state index is 12.8. The molecule has 3 N–H and O–H groups in total. The normalized spacial score (nSPS) is 17.7. The van der Waals surface area contributed by atoms with Gasteiger partial charge in [-0.2, -0.15) is 0 Å². The van der Waals surface area contributed by atoms with Gasteiger partial charge in [-0.3, -0.25) is 14.4 Å². The van der Waals surface area contributed by atoms with Gasteiger partial charge in [0.05, 0.1) is 30.0 Å². The van der Waals surface area contributed by atoms with Gasteiger partial charge in [0.2, 0.25) is 0 Å². The zero-order valence-corrected chi connectivity index (χ0v) is 19.5. The molecule has 0 radical (unpaired) electrons. The van der Waals surface area contributed by atoms with Crippen LogP contribution < -0.4 is 21.5 Å². The Labute approximate surface area is 190 Å². The minimum atomic E-state index is -4.29. The topological polar surface area (TPSA) is 134 Å². The van der Waals surface area contributed by atoms with Crippen LogP contribution in [0.25, 0.3) is 0 Å². The van der Waals surface area contributed by atoms with E-state index in [1.807, 2.05) is 6.92 Å². The second-order valence-electron chi connectivity index (χ2n) is 7.32. The van der Waals surface area contributed by atoms with Crippen molar-refractivity contribution in [3.05, 3.63) is 37.6 Å². The number of phenols is 1. The molecule has 176 valence electrons. The molecule has 0 bridgehead atoms. The van der Waals surface area contributed by atoms with E-state index < -0.39 is 31.5 Å². The number of sulfonamides is 1. The second kappa shape index (κ2) is 9.75. The Kier molecular flexibility index (Phi) is 7.46. The lowest BCUT2D eigenvalue weighted by Crippen LogP contribution is -2.42. The van der Waals surface area contributed by atoms with Crippen molar-refractivity contribution in [1.82, 2.24) is 4.47 Å². The van der Waals surface area contributed by atoms with Crippen LogP contribution in [0.3, 0.4) is 0 Å². The molecule has 2 unspecified atom stereocenters. The molecule has 2 atom stereocenters. The summed E-state index contributed by atoms with van der Waals surface area (Å²) in [5.74, 6) is -0.696. The van der Waals surface area contributed by atoms with E-state index in [0.717, 1.165) is 12.8 Å². The zero-order chi connectivity index (χ0) is 23.6. The van der Waals surface area contributed by atoms with Crippen LogP contribution in [0.2, 0.25) is 5.02 Å². The summed E-state index contributed by atoms with van der Waals surface area (Å²) in [5, 5.41) is 16.2. The fourth-order valence-electron chi connectivity index (χ4n) is 3.74. The second-order valence-corrected chi connectivity index (χ2v) is 9.50. The van der Waals surface area contributed by atoms with Gasteiger partial charge in [-0.1, -0.05) is 23.0 Å². The monoisotopic (exact) mass is 487 g/mol. The summed E-state index contributed by atoms with van der Waals surface area (Å²) < 4.78 is 32.0. The van der Waals surface area contributed by atoms with Crippen molar-refractivity contribution in [1.29, 1.82) is 0 Å². The summed E-state index contributed by atoms with van der Waals surface area (Å²) in [6, 6.07) is 2.41. The number of phenolic OH excluding ortho intramolecular Hbond substituents is 1. The van der Waals surface area contributed by atoms with Crippen LogP contribution in [0.4, 0.5) is 17.1 Å². The molecule has 0 amide bonds. The Morgan fingerprint density at radius 3 is 2.53 bits per heavy atom. The number of nitrogens with one attached hydrogen (secondary N) is 2. The highest BCUT2D eigenvalue weighted by Crippen LogP contribution is 2.40. The van der Waals surface area contributed by atoms with Crippen LogP contribution >= 0.6 is 11.6 Å². The molecule has 1 saturated heterocycles. The van der Waals surface area contributed by atoms with Gasteiger partial charge in [0.15, 0.2) is 5.75 Å². The third kappa shape index (κ3) is 4.35. The molecule has 0 saturated carbocycles. The lowest BCUT2D eigenvalue weighted by Gasteiger charge is -2.26. The first-order valence-corrected chi connectivity index (χ1v) is 12.1. The molecular formula is C20H26ClN3O7S. The maximum Gasteiger partial charge on any atom is 0.270 e. The first kappa shape index (κ1) is 24.5. The Morgan fingerprint density at radius 1 is 1.28 bits per heavy atom. The van der Waals surface area contributed by atoms with E-state index in [0.29, 0.717) is 17.5 Å². The largest absolute Gasteiger partial charge is 0.504 e. The average Bonchev–Trinajstić information content (AvgIpc) is 3.29. The molecule has 2 aromatic rings. The molecule has 1 aliphatic heterocycles. The van der Waals surface area contributed by atoms with E-state index in [1.54, 1.807) is 6.92 Å². The number of aromatic hydroxyl groups is 1. The Hall–Kier alpha value is -2.18. The molecule has 0 spiro atoms. The van der Waals surface area contributed by atoms with E-state index in [9.17, 15) is 23.1 Å². The zero-order valence-electron chi connectivity index (χ0n) is 18.0. The molecule has 1 heterocycles. The van der Waals surface area contributed by atoms with Crippen LogP contribution in [0.1, 0.15) is 33.1 Å². The third-order valence-electron chi connectivity index (χ3n) is 5.42. The highest BCUT2D eigenvalue weighted by molar-refractivity contribution is 7.89. The molecule has 0 aromatic heterocycles. The van der Waals surface area contributed by atoms with E-state index in [1.165, 1.54) is 19.2 Å². The molecule has 3 rings (SSSR count). The Balaban J connectivity index is 1.95. The third-order valence-corrected chi connectivity index (χ3v) is 7.72. The van der Waals surface area contributed by atoms with E-state index in [4.69, 9.17) is 21.2 Å². The van der Waals surface area contributed by atoms with Crippen LogP contribution in [-0.4, -0.2) is 50.4 Å². The SMILES string of the molecule is CCC(Nc1c(Nc2ccc(Cl)c(S(=O)(=O)N(CC)OC)c2O)c(=O)c1=O)C1CCCO1. The highest BCUT2D eigenvalue weighted by atomic mass is 35.5. The van der Waals surface area contributed by atoms with Gasteiger partial charge in [0.1, 0.15) is 16.3 Å². The standard InChI is InChI=1S/C20H26ClN3O7S/c1-4-12(14-7-6-10-31-14)22-15-16(19(27)18(15)26)23-13-9-8-11(21)20(17(13)25)32(28,29)24(5-2)30-3/h8-9,12,14,22-23,25H,4-7,10H2,1-3H3. The van der Waals surface area contributed by atoms with Crippen LogP contribution in [0, 0.1) is 0 Å². The summed E-state index contributed by atoms with van der Waals surface area (Å²) in [4.78, 5) is 28.7. The quantitative estimate of drug-likeness (QED) is 0.262. The number of benzene rings is 1. The lowest BCUT2D eigenvalue weighted by molar-refractivity contribution is -0.0443. The summed E-state index contributed by atoms with van der Waals surface area (Å²) in [5.41, 5.74) is -1.56. The number of hydrogen-bond acceptors (Lipinski definition) is 9. The molecule has 12 heteroatoms. The summed E-state index contributed by atoms with van der Waals surface area (Å²) in [6.07, 6.45) is 2.36. The number of nitrogens with zero attached hydrogens (tertiary/aromatic N) is 1. The number of anilines is 3. The van der Waals surface area contributed by atoms with Crippen LogP contribution in [0.15, 0.2) is 26.6 Å². The minimum absolute atomic E-state index is 0.0277. The predicted octanol–water partition coefficient (Wildman–Crippen LogP) is 2.33. The molecule has 10 nitrogen and oxygen atoms in total. The molecule has 2 aromatic carbocycles. The van der Waals surface area contributed by atoms with Crippen molar-refractivity contribution in [2.45, 2.75) is 50.2 Å². The summed E-state index contributed by atoms with van der Waals surface area (Å²) in [6.45, 7) is 4.11. The van der Waals surface area contributed by atoms with Gasteiger partial charge < -0.3 is 20.5 Å². The van der Waals surface area contributed by atoms with Crippen molar-refractivity contribution in [2.75, 3.05) is 30.9 Å². The van der Waals surface area contributed by atoms with Gasteiger partial charge in [-0.25, -0.2) is 8.42 Å². The fraction of sp³-hybridized carbons (Fsp3) is 0.500. The van der Waals surface area contributed by atoms with Gasteiger partial charge in [0.25, 0.3) is 20.9 Å². The number of rotatable bonds is 10. The first-order valence-electron chi connectivity index (χ1n) is 10.2. The molecule has 32 heavy (non-hydrogen) atoms. The van der Waals surface area contributed by atoms with Gasteiger partial charge >= 0.3 is 0 Å². The average molecular weight is 488 g/mol. The molecule has 1 aliphatic rings. The van der Waals surface area contributed by atoms with Crippen molar-refractivity contribution in [2.24, 2.45) is 0 Å². The molecular weight excluding hydrogens is 462 g/mol. The predicted molar refractivity (Wildman–Crippen MR) is 121 cm³/mol. The number of halogens is 1. The smallest absolute Gasteiger partial charge is 0.270 e. The lowest BCUT2D eigenvalue weighted by atomic mass is 10.0. The van der Waals surface area contributed by atoms with Gasteiger partial charge in [-0.15, -0.1) is 0 Å². The Morgan fingerprint density at radius 2 is 1.97 bits per heavy atom. The van der Waals surface area contributed by atoms with Crippen LogP contribution in [-0.2, 0) is 19.6 Å². The van der Waals surface area contributed by atoms with Crippen molar-refractivity contribution >= 4 is 38.7 Å². The minimum Gasteiger partial charge on any atom is -0.504 e. The van der Waals surface area contributed by atoms with Crippen molar-refractivity contribution < 1.29 is 23.1 Å². The molecule has 0 aliphatic carbocycles. The van der Waals surface area contributed by atoms with Crippen molar-refractivity contribution in [3.63, 3.8) is 0 Å². The van der Waals surface area contributed by atoms with E-state index >= 15 is 0 Å². The first-order chi connectivity index (χ1) is 15.2. The number of ether oxygens (including phenoxy) is 1. The molecule has 1 fully saturated rings. The van der Waals surface area contributed by atoms with Crippen LogP contribution in [0.5, 0.6) is 5.75 Å². The van der Waals surface area contributed by atoms with E-state index in [2.05, 4.69) is 10.6 Å². The Bertz CT molecular complexity index is 1150. The van der Waals surface area contributed by atoms with Gasteiger partial charge in [-0.05, 0) is 38.3 Å². The number of hydroxylamine groups is 1. The summed E-state index contributed by atoms with van der Waals surface area (Å²) in [7, 11) is -3.12. The van der Waals surface area contributed by atoms with Gasteiger partial charge in [0, 0.05) is 13.2 Å². The maximum atomic E-state index is 12.8. The fourth-order valence-corrected chi connectivity index (χ4v) is 5.59. The summed E-state index contributed by atoms with van der Waals surface area (Å²) >= 11 is 6.06.